The van der Waals surface area contributed by atoms with E-state index in [4.69, 9.17) is 4.74 Å². The van der Waals surface area contributed by atoms with Crippen LogP contribution < -0.4 is 10.1 Å². The third-order valence-corrected chi connectivity index (χ3v) is 6.94. The molecule has 6 nitrogen and oxygen atoms in total. The molecule has 1 heterocycles. The van der Waals surface area contributed by atoms with Gasteiger partial charge >= 0.3 is 0 Å². The number of nitrogens with one attached hydrogen (secondary N) is 1. The third kappa shape index (κ3) is 5.81. The van der Waals surface area contributed by atoms with Crippen molar-refractivity contribution >= 4 is 15.9 Å². The van der Waals surface area contributed by atoms with Gasteiger partial charge in [0.15, 0.2) is 6.61 Å². The second-order valence-electron chi connectivity index (χ2n) is 7.18. The fourth-order valence-corrected chi connectivity index (χ4v) is 4.88. The molecule has 0 saturated carbocycles. The van der Waals surface area contributed by atoms with Crippen LogP contribution in [0.2, 0.25) is 0 Å². The molecule has 3 rings (SSSR count). The van der Waals surface area contributed by atoms with Gasteiger partial charge in [0.25, 0.3) is 5.91 Å². The SMILES string of the molecule is CCc1ccc(OCC(=O)NCc2cccc(S(=O)(=O)N3CCCCC3)c2)cc1. The number of carbonyl (C=O) groups is 1. The summed E-state index contributed by atoms with van der Waals surface area (Å²) in [7, 11) is -3.48. The van der Waals surface area contributed by atoms with Crippen LogP contribution in [-0.4, -0.2) is 38.3 Å². The van der Waals surface area contributed by atoms with E-state index < -0.39 is 10.0 Å². The largest absolute Gasteiger partial charge is 0.484 e. The minimum absolute atomic E-state index is 0.0861. The Bertz CT molecular complexity index is 920. The number of ether oxygens (including phenoxy) is 1. The molecule has 1 aliphatic rings. The van der Waals surface area contributed by atoms with E-state index in [1.807, 2.05) is 24.3 Å². The van der Waals surface area contributed by atoms with Crippen molar-refractivity contribution in [3.63, 3.8) is 0 Å². The van der Waals surface area contributed by atoms with E-state index in [0.717, 1.165) is 31.2 Å². The molecule has 1 fully saturated rings. The van der Waals surface area contributed by atoms with E-state index >= 15 is 0 Å². The van der Waals surface area contributed by atoms with E-state index in [1.54, 1.807) is 28.6 Å². The summed E-state index contributed by atoms with van der Waals surface area (Å²) in [6.45, 7) is 3.38. The van der Waals surface area contributed by atoms with Gasteiger partial charge in [0.2, 0.25) is 10.0 Å². The third-order valence-electron chi connectivity index (χ3n) is 5.04. The number of hydrogen-bond acceptors (Lipinski definition) is 4. The normalized spacial score (nSPS) is 15.1. The van der Waals surface area contributed by atoms with Gasteiger partial charge in [0.1, 0.15) is 5.75 Å². The van der Waals surface area contributed by atoms with Crippen LogP contribution in [0.15, 0.2) is 53.4 Å². The first kappa shape index (κ1) is 21.3. The quantitative estimate of drug-likeness (QED) is 0.717. The van der Waals surface area contributed by atoms with Gasteiger partial charge in [0, 0.05) is 19.6 Å². The second kappa shape index (κ2) is 9.89. The first-order chi connectivity index (χ1) is 14.0. The maximum Gasteiger partial charge on any atom is 0.258 e. The molecule has 2 aromatic carbocycles. The zero-order valence-electron chi connectivity index (χ0n) is 16.8. The van der Waals surface area contributed by atoms with Gasteiger partial charge in [-0.1, -0.05) is 37.6 Å². The molecule has 0 aromatic heterocycles. The number of nitrogens with zero attached hydrogens (tertiary/aromatic N) is 1. The molecule has 0 unspecified atom stereocenters. The van der Waals surface area contributed by atoms with Crippen molar-refractivity contribution < 1.29 is 17.9 Å². The number of benzene rings is 2. The van der Waals surface area contributed by atoms with Gasteiger partial charge < -0.3 is 10.1 Å². The first-order valence-corrected chi connectivity index (χ1v) is 11.5. The zero-order chi connectivity index (χ0) is 20.7. The van der Waals surface area contributed by atoms with Crippen molar-refractivity contribution in [2.45, 2.75) is 44.0 Å². The molecule has 0 radical (unpaired) electrons. The van der Waals surface area contributed by atoms with Crippen LogP contribution in [0.3, 0.4) is 0 Å². The highest BCUT2D eigenvalue weighted by Gasteiger charge is 2.25. The Morgan fingerprint density at radius 3 is 2.45 bits per heavy atom. The number of amides is 1. The first-order valence-electron chi connectivity index (χ1n) is 10.1. The highest BCUT2D eigenvalue weighted by molar-refractivity contribution is 7.89. The van der Waals surface area contributed by atoms with Crippen LogP contribution >= 0.6 is 0 Å². The lowest BCUT2D eigenvalue weighted by molar-refractivity contribution is -0.123. The van der Waals surface area contributed by atoms with Crippen molar-refractivity contribution in [1.82, 2.24) is 9.62 Å². The standard InChI is InChI=1S/C22H28N2O4S/c1-2-18-9-11-20(12-10-18)28-17-22(25)23-16-19-7-6-8-21(15-19)29(26,27)24-13-4-3-5-14-24/h6-12,15H,2-5,13-14,16-17H2,1H3,(H,23,25). The molecular formula is C22H28N2O4S. The Balaban J connectivity index is 1.53. The minimum atomic E-state index is -3.48. The second-order valence-corrected chi connectivity index (χ2v) is 9.11. The topological polar surface area (TPSA) is 75.7 Å². The summed E-state index contributed by atoms with van der Waals surface area (Å²) in [5.41, 5.74) is 1.95. The van der Waals surface area contributed by atoms with Gasteiger partial charge in [0.05, 0.1) is 4.90 Å². The Hall–Kier alpha value is -2.38. The molecule has 1 amide bonds. The lowest BCUT2D eigenvalue weighted by Gasteiger charge is -2.26. The minimum Gasteiger partial charge on any atom is -0.484 e. The summed E-state index contributed by atoms with van der Waals surface area (Å²) in [6.07, 6.45) is 3.82. The highest BCUT2D eigenvalue weighted by atomic mass is 32.2. The number of rotatable bonds is 8. The molecule has 1 saturated heterocycles. The Kier molecular flexibility index (Phi) is 7.28. The Labute approximate surface area is 172 Å². The Morgan fingerprint density at radius 1 is 1.03 bits per heavy atom. The van der Waals surface area contributed by atoms with Gasteiger partial charge in [-0.15, -0.1) is 0 Å². The Morgan fingerprint density at radius 2 is 1.76 bits per heavy atom. The molecule has 0 aliphatic carbocycles. The summed E-state index contributed by atoms with van der Waals surface area (Å²) < 4.78 is 32.6. The van der Waals surface area contributed by atoms with Crippen molar-refractivity contribution in [3.05, 3.63) is 59.7 Å². The van der Waals surface area contributed by atoms with Crippen LogP contribution in [0.4, 0.5) is 0 Å². The molecule has 156 valence electrons. The average Bonchev–Trinajstić information content (AvgIpc) is 2.77. The van der Waals surface area contributed by atoms with E-state index in [9.17, 15) is 13.2 Å². The van der Waals surface area contributed by atoms with Gasteiger partial charge in [-0.05, 0) is 54.7 Å². The average molecular weight is 417 g/mol. The maximum atomic E-state index is 12.8. The van der Waals surface area contributed by atoms with E-state index in [2.05, 4.69) is 12.2 Å². The molecule has 0 bridgehead atoms. The smallest absolute Gasteiger partial charge is 0.258 e. The van der Waals surface area contributed by atoms with Gasteiger partial charge in [-0.3, -0.25) is 4.79 Å². The van der Waals surface area contributed by atoms with Gasteiger partial charge in [-0.2, -0.15) is 4.31 Å². The van der Waals surface area contributed by atoms with Crippen molar-refractivity contribution in [2.75, 3.05) is 19.7 Å². The molecular weight excluding hydrogens is 388 g/mol. The van der Waals surface area contributed by atoms with Gasteiger partial charge in [-0.25, -0.2) is 8.42 Å². The summed E-state index contributed by atoms with van der Waals surface area (Å²) in [4.78, 5) is 12.4. The maximum absolute atomic E-state index is 12.8. The van der Waals surface area contributed by atoms with Crippen LogP contribution in [0, 0.1) is 0 Å². The molecule has 0 atom stereocenters. The summed E-state index contributed by atoms with van der Waals surface area (Å²) in [6, 6.07) is 14.4. The summed E-state index contributed by atoms with van der Waals surface area (Å²) in [5, 5.41) is 2.78. The number of aryl methyl sites for hydroxylation is 1. The van der Waals surface area contributed by atoms with Crippen LogP contribution in [0.1, 0.15) is 37.3 Å². The van der Waals surface area contributed by atoms with Crippen molar-refractivity contribution in [1.29, 1.82) is 0 Å². The predicted molar refractivity (Wildman–Crippen MR) is 112 cm³/mol. The monoisotopic (exact) mass is 416 g/mol. The number of sulfonamides is 1. The molecule has 7 heteroatoms. The van der Waals surface area contributed by atoms with Crippen LogP contribution in [0.25, 0.3) is 0 Å². The highest BCUT2D eigenvalue weighted by Crippen LogP contribution is 2.21. The predicted octanol–water partition coefficient (Wildman–Crippen LogP) is 3.12. The molecule has 0 spiro atoms. The van der Waals surface area contributed by atoms with E-state index in [-0.39, 0.29) is 24.0 Å². The molecule has 1 N–H and O–H groups in total. The molecule has 29 heavy (non-hydrogen) atoms. The van der Waals surface area contributed by atoms with E-state index in [1.165, 1.54) is 5.56 Å². The number of piperidine rings is 1. The fourth-order valence-electron chi connectivity index (χ4n) is 3.29. The molecule has 1 aliphatic heterocycles. The zero-order valence-corrected chi connectivity index (χ0v) is 17.6. The van der Waals surface area contributed by atoms with Crippen LogP contribution in [-0.2, 0) is 27.8 Å². The number of hydrogen-bond donors (Lipinski definition) is 1. The van der Waals surface area contributed by atoms with Crippen molar-refractivity contribution in [2.24, 2.45) is 0 Å². The van der Waals surface area contributed by atoms with E-state index in [0.29, 0.717) is 18.8 Å². The fraction of sp³-hybridized carbons (Fsp3) is 0.409. The van der Waals surface area contributed by atoms with Crippen LogP contribution in [0.5, 0.6) is 5.75 Å². The lowest BCUT2D eigenvalue weighted by atomic mass is 10.2. The lowest BCUT2D eigenvalue weighted by Crippen LogP contribution is -2.35. The molecule has 2 aromatic rings. The number of carbonyl (C=O) groups excluding carboxylic acids is 1. The summed E-state index contributed by atoms with van der Waals surface area (Å²) in [5.74, 6) is 0.390. The van der Waals surface area contributed by atoms with Crippen molar-refractivity contribution in [3.8, 4) is 5.75 Å². The summed E-state index contributed by atoms with van der Waals surface area (Å²) >= 11 is 0.